The number of carbonyl (C=O) groups excluding carboxylic acids is 2. The van der Waals surface area contributed by atoms with Crippen molar-refractivity contribution in [1.82, 2.24) is 0 Å². The normalized spacial score (nSPS) is 13.0. The van der Waals surface area contributed by atoms with Gasteiger partial charge in [0.2, 0.25) is 0 Å². The predicted octanol–water partition coefficient (Wildman–Crippen LogP) is 3.90. The van der Waals surface area contributed by atoms with Crippen molar-refractivity contribution in [3.63, 3.8) is 0 Å². The molecule has 3 heteroatoms. The van der Waals surface area contributed by atoms with Gasteiger partial charge in [-0.25, -0.2) is 0 Å². The van der Waals surface area contributed by atoms with Crippen LogP contribution in [0.25, 0.3) is 0 Å². The van der Waals surface area contributed by atoms with Gasteiger partial charge in [-0.1, -0.05) is 49.7 Å². The van der Waals surface area contributed by atoms with E-state index in [0.29, 0.717) is 13.0 Å². The van der Waals surface area contributed by atoms with Gasteiger partial charge in [0.25, 0.3) is 0 Å². The minimum Gasteiger partial charge on any atom is -0.465 e. The van der Waals surface area contributed by atoms with E-state index < -0.39 is 0 Å². The number of ketones is 1. The highest BCUT2D eigenvalue weighted by Gasteiger charge is 2.20. The van der Waals surface area contributed by atoms with Crippen molar-refractivity contribution in [1.29, 1.82) is 0 Å². The van der Waals surface area contributed by atoms with Crippen molar-refractivity contribution >= 4 is 11.8 Å². The maximum Gasteiger partial charge on any atom is 0.310 e. The number of benzene rings is 2. The highest BCUT2D eigenvalue weighted by molar-refractivity contribution is 6.00. The summed E-state index contributed by atoms with van der Waals surface area (Å²) in [5, 5.41) is 0. The van der Waals surface area contributed by atoms with E-state index in [1.165, 1.54) is 5.56 Å². The topological polar surface area (TPSA) is 43.4 Å². The van der Waals surface area contributed by atoms with E-state index in [1.54, 1.807) is 0 Å². The first-order valence-corrected chi connectivity index (χ1v) is 8.54. The fraction of sp³-hybridized carbons (Fsp3) is 0.333. The standard InChI is InChI=1S/C21H22O3/c1-2-3-10-24-21(23)12-15-8-9-18-13-16-6-4-5-7-17(16)14-20(22)19(18)11-15/h4-9,11H,2-3,10,12-14H2,1H3. The van der Waals surface area contributed by atoms with Crippen molar-refractivity contribution in [3.05, 3.63) is 70.3 Å². The zero-order valence-corrected chi connectivity index (χ0v) is 14.0. The molecule has 0 saturated heterocycles. The van der Waals surface area contributed by atoms with Gasteiger partial charge in [0.05, 0.1) is 13.0 Å². The van der Waals surface area contributed by atoms with Crippen LogP contribution in [-0.4, -0.2) is 18.4 Å². The summed E-state index contributed by atoms with van der Waals surface area (Å²) in [5.41, 5.74) is 4.92. The Morgan fingerprint density at radius 1 is 1.04 bits per heavy atom. The highest BCUT2D eigenvalue weighted by atomic mass is 16.5. The van der Waals surface area contributed by atoms with E-state index in [1.807, 2.05) is 36.4 Å². The Labute approximate surface area is 142 Å². The second kappa shape index (κ2) is 7.43. The average molecular weight is 322 g/mol. The number of Topliss-reactive ketones (excluding diaryl/α,β-unsaturated/α-hetero) is 1. The van der Waals surface area contributed by atoms with E-state index in [0.717, 1.165) is 41.5 Å². The van der Waals surface area contributed by atoms with Crippen molar-refractivity contribution in [2.24, 2.45) is 0 Å². The second-order valence-corrected chi connectivity index (χ2v) is 6.29. The lowest BCUT2D eigenvalue weighted by molar-refractivity contribution is -0.142. The lowest BCUT2D eigenvalue weighted by Gasteiger charge is -2.09. The molecule has 0 atom stereocenters. The van der Waals surface area contributed by atoms with Crippen LogP contribution in [0.15, 0.2) is 42.5 Å². The van der Waals surface area contributed by atoms with Crippen LogP contribution in [0.4, 0.5) is 0 Å². The Balaban J connectivity index is 1.78. The molecular formula is C21H22O3. The van der Waals surface area contributed by atoms with Crippen LogP contribution in [0.1, 0.15) is 52.4 Å². The number of carbonyl (C=O) groups is 2. The van der Waals surface area contributed by atoms with Crippen molar-refractivity contribution in [2.75, 3.05) is 6.61 Å². The van der Waals surface area contributed by atoms with Gasteiger partial charge in [-0.15, -0.1) is 0 Å². The third-order valence-corrected chi connectivity index (χ3v) is 4.43. The van der Waals surface area contributed by atoms with E-state index in [4.69, 9.17) is 4.74 Å². The second-order valence-electron chi connectivity index (χ2n) is 6.29. The molecule has 3 nitrogen and oxygen atoms in total. The summed E-state index contributed by atoms with van der Waals surface area (Å²) in [7, 11) is 0. The molecule has 2 aromatic rings. The lowest BCUT2D eigenvalue weighted by Crippen LogP contribution is -2.10. The molecule has 0 amide bonds. The van der Waals surface area contributed by atoms with E-state index in [-0.39, 0.29) is 18.2 Å². The van der Waals surface area contributed by atoms with Crippen LogP contribution < -0.4 is 0 Å². The van der Waals surface area contributed by atoms with Gasteiger partial charge < -0.3 is 4.74 Å². The Hall–Kier alpha value is -2.42. The molecule has 3 rings (SSSR count). The summed E-state index contributed by atoms with van der Waals surface area (Å²) >= 11 is 0. The molecule has 0 aromatic heterocycles. The summed E-state index contributed by atoms with van der Waals surface area (Å²) < 4.78 is 5.21. The van der Waals surface area contributed by atoms with Crippen molar-refractivity contribution in [3.8, 4) is 0 Å². The molecule has 0 N–H and O–H groups in total. The van der Waals surface area contributed by atoms with Crippen LogP contribution in [0.3, 0.4) is 0 Å². The maximum absolute atomic E-state index is 12.6. The van der Waals surface area contributed by atoms with Gasteiger partial charge in [0, 0.05) is 12.0 Å². The Morgan fingerprint density at radius 3 is 2.54 bits per heavy atom. The minimum absolute atomic E-state index is 0.121. The number of unbranched alkanes of at least 4 members (excludes halogenated alkanes) is 1. The van der Waals surface area contributed by atoms with Gasteiger partial charge in [0.15, 0.2) is 5.78 Å². The third kappa shape index (κ3) is 3.73. The molecular weight excluding hydrogens is 300 g/mol. The number of esters is 1. The van der Waals surface area contributed by atoms with Gasteiger partial charge in [-0.05, 0) is 41.2 Å². The molecule has 0 unspecified atom stereocenters. The van der Waals surface area contributed by atoms with Gasteiger partial charge >= 0.3 is 5.97 Å². The minimum atomic E-state index is -0.229. The highest BCUT2D eigenvalue weighted by Crippen LogP contribution is 2.25. The summed E-state index contributed by atoms with van der Waals surface area (Å²) in [6, 6.07) is 13.9. The first-order valence-electron chi connectivity index (χ1n) is 8.54. The van der Waals surface area contributed by atoms with E-state index >= 15 is 0 Å². The third-order valence-electron chi connectivity index (χ3n) is 4.43. The zero-order valence-electron chi connectivity index (χ0n) is 14.0. The Kier molecular flexibility index (Phi) is 5.09. The molecule has 0 spiro atoms. The molecule has 0 heterocycles. The summed E-state index contributed by atoms with van der Waals surface area (Å²) in [4.78, 5) is 24.5. The number of ether oxygens (including phenoxy) is 1. The van der Waals surface area contributed by atoms with E-state index in [2.05, 4.69) is 13.0 Å². The van der Waals surface area contributed by atoms with Crippen molar-refractivity contribution in [2.45, 2.75) is 39.0 Å². The molecule has 2 aromatic carbocycles. The number of hydrogen-bond acceptors (Lipinski definition) is 3. The van der Waals surface area contributed by atoms with Crippen molar-refractivity contribution < 1.29 is 14.3 Å². The fourth-order valence-electron chi connectivity index (χ4n) is 3.07. The fourth-order valence-corrected chi connectivity index (χ4v) is 3.07. The molecule has 124 valence electrons. The van der Waals surface area contributed by atoms with Gasteiger partial charge in [-0.3, -0.25) is 9.59 Å². The monoisotopic (exact) mass is 322 g/mol. The van der Waals surface area contributed by atoms with Crippen LogP contribution in [0.2, 0.25) is 0 Å². The summed E-state index contributed by atoms with van der Waals surface area (Å²) in [6.07, 6.45) is 3.29. The molecule has 1 aliphatic rings. The lowest BCUT2D eigenvalue weighted by atomic mass is 9.97. The number of rotatable bonds is 5. The number of hydrogen-bond donors (Lipinski definition) is 0. The smallest absolute Gasteiger partial charge is 0.310 e. The van der Waals surface area contributed by atoms with Crippen LogP contribution >= 0.6 is 0 Å². The first-order chi connectivity index (χ1) is 11.7. The largest absolute Gasteiger partial charge is 0.465 e. The first kappa shape index (κ1) is 16.4. The van der Waals surface area contributed by atoms with Gasteiger partial charge in [0.1, 0.15) is 0 Å². The predicted molar refractivity (Wildman–Crippen MR) is 93.3 cm³/mol. The molecule has 0 aliphatic heterocycles. The summed E-state index contributed by atoms with van der Waals surface area (Å²) in [5.74, 6) is -0.107. The molecule has 0 bridgehead atoms. The van der Waals surface area contributed by atoms with Crippen LogP contribution in [0, 0.1) is 0 Å². The maximum atomic E-state index is 12.6. The number of fused-ring (bicyclic) bond motifs is 2. The summed E-state index contributed by atoms with van der Waals surface area (Å²) in [6.45, 7) is 2.53. The SMILES string of the molecule is CCCCOC(=O)Cc1ccc2c(c1)C(=O)Cc1ccccc1C2. The quantitative estimate of drug-likeness (QED) is 0.619. The molecule has 0 fully saturated rings. The Morgan fingerprint density at radius 2 is 1.79 bits per heavy atom. The zero-order chi connectivity index (χ0) is 16.9. The average Bonchev–Trinajstić information content (AvgIpc) is 2.71. The van der Waals surface area contributed by atoms with Crippen LogP contribution in [-0.2, 0) is 28.8 Å². The molecule has 1 aliphatic carbocycles. The molecule has 0 saturated carbocycles. The Bertz CT molecular complexity index is 761. The molecule has 24 heavy (non-hydrogen) atoms. The molecule has 0 radical (unpaired) electrons. The van der Waals surface area contributed by atoms with Crippen LogP contribution in [0.5, 0.6) is 0 Å². The van der Waals surface area contributed by atoms with Gasteiger partial charge in [-0.2, -0.15) is 0 Å². The van der Waals surface area contributed by atoms with E-state index in [9.17, 15) is 9.59 Å².